The molecule has 0 aromatic carbocycles. The van der Waals surface area contributed by atoms with Crippen molar-refractivity contribution in [1.29, 1.82) is 0 Å². The molecule has 0 radical (unpaired) electrons. The predicted molar refractivity (Wildman–Crippen MR) is 44.2 cm³/mol. The molecule has 4 nitrogen and oxygen atoms in total. The van der Waals surface area contributed by atoms with Gasteiger partial charge in [-0.15, -0.1) is 0 Å². The van der Waals surface area contributed by atoms with Crippen LogP contribution in [0.4, 0.5) is 0 Å². The number of ketones is 1. The van der Waals surface area contributed by atoms with Crippen LogP contribution < -0.4 is 5.43 Å². The van der Waals surface area contributed by atoms with Gasteiger partial charge in [0.15, 0.2) is 0 Å². The predicted octanol–water partition coefficient (Wildman–Crippen LogP) is -0.0532. The molecule has 0 spiro atoms. The van der Waals surface area contributed by atoms with E-state index in [1.54, 1.807) is 7.05 Å². The summed E-state index contributed by atoms with van der Waals surface area (Å²) in [5, 5.41) is 1.25. The Kier molecular flexibility index (Phi) is 1.96. The van der Waals surface area contributed by atoms with E-state index in [9.17, 15) is 9.59 Å². The molecule has 12 heavy (non-hydrogen) atoms. The van der Waals surface area contributed by atoms with Crippen LogP contribution in [-0.2, 0) is 9.59 Å². The Morgan fingerprint density at radius 3 is 2.00 bits per heavy atom. The third-order valence-electron chi connectivity index (χ3n) is 1.97. The SMILES string of the molecule is CN1NC(C(C)(C)C)C(=O)C1=O. The van der Waals surface area contributed by atoms with E-state index in [1.165, 1.54) is 5.01 Å². The first-order chi connectivity index (χ1) is 5.34. The van der Waals surface area contributed by atoms with Gasteiger partial charge in [0.05, 0.1) is 6.04 Å². The molecular formula is C8H14N2O2. The highest BCUT2D eigenvalue weighted by Crippen LogP contribution is 2.23. The molecule has 0 aliphatic carbocycles. The van der Waals surface area contributed by atoms with Crippen molar-refractivity contribution in [2.45, 2.75) is 26.8 Å². The first-order valence-electron chi connectivity index (χ1n) is 3.92. The fourth-order valence-electron chi connectivity index (χ4n) is 1.19. The molecule has 0 aromatic heterocycles. The molecule has 0 bridgehead atoms. The van der Waals surface area contributed by atoms with Gasteiger partial charge in [0.2, 0.25) is 5.78 Å². The van der Waals surface area contributed by atoms with Gasteiger partial charge in [-0.1, -0.05) is 20.8 Å². The topological polar surface area (TPSA) is 49.4 Å². The third kappa shape index (κ3) is 1.34. The van der Waals surface area contributed by atoms with E-state index in [0.717, 1.165) is 0 Å². The van der Waals surface area contributed by atoms with Gasteiger partial charge in [-0.05, 0) is 5.41 Å². The van der Waals surface area contributed by atoms with Crippen LogP contribution in [0.3, 0.4) is 0 Å². The minimum absolute atomic E-state index is 0.211. The van der Waals surface area contributed by atoms with Crippen LogP contribution >= 0.6 is 0 Å². The smallest absolute Gasteiger partial charge is 0.287 e. The second-order valence-electron chi connectivity index (χ2n) is 4.16. The van der Waals surface area contributed by atoms with Crippen molar-refractivity contribution in [3.8, 4) is 0 Å². The molecule has 1 aliphatic heterocycles. The van der Waals surface area contributed by atoms with Crippen molar-refractivity contribution in [2.75, 3.05) is 7.05 Å². The Hall–Kier alpha value is -0.900. The number of carbonyl (C=O) groups is 2. The maximum absolute atomic E-state index is 11.3. The number of hydrazine groups is 1. The van der Waals surface area contributed by atoms with Gasteiger partial charge >= 0.3 is 5.91 Å². The van der Waals surface area contributed by atoms with Crippen molar-refractivity contribution < 1.29 is 9.59 Å². The van der Waals surface area contributed by atoms with E-state index in [1.807, 2.05) is 20.8 Å². The van der Waals surface area contributed by atoms with Gasteiger partial charge < -0.3 is 0 Å². The number of Topliss-reactive ketones (excluding diaryl/α,β-unsaturated/α-hetero) is 1. The number of amides is 1. The average Bonchev–Trinajstić information content (AvgIpc) is 2.15. The second-order valence-corrected chi connectivity index (χ2v) is 4.16. The molecule has 1 unspecified atom stereocenters. The lowest BCUT2D eigenvalue weighted by atomic mass is 9.85. The fraction of sp³-hybridized carbons (Fsp3) is 0.750. The van der Waals surface area contributed by atoms with Crippen LogP contribution in [0.1, 0.15) is 20.8 Å². The summed E-state index contributed by atoms with van der Waals surface area (Å²) < 4.78 is 0. The number of rotatable bonds is 0. The normalized spacial score (nSPS) is 25.3. The minimum atomic E-state index is -0.449. The largest absolute Gasteiger partial charge is 0.305 e. The van der Waals surface area contributed by atoms with Crippen LogP contribution in [-0.4, -0.2) is 29.8 Å². The molecule has 68 valence electrons. The Morgan fingerprint density at radius 2 is 1.83 bits per heavy atom. The van der Waals surface area contributed by atoms with Crippen LogP contribution in [0.25, 0.3) is 0 Å². The zero-order valence-corrected chi connectivity index (χ0v) is 7.84. The molecule has 0 saturated carbocycles. The molecular weight excluding hydrogens is 156 g/mol. The zero-order chi connectivity index (χ0) is 9.52. The van der Waals surface area contributed by atoms with Gasteiger partial charge in [0.1, 0.15) is 0 Å². The Balaban J connectivity index is 2.86. The van der Waals surface area contributed by atoms with E-state index in [-0.39, 0.29) is 17.2 Å². The summed E-state index contributed by atoms with van der Waals surface area (Å²) in [6.45, 7) is 5.78. The number of likely N-dealkylation sites (N-methyl/N-ethyl adjacent to an activating group) is 1. The number of nitrogens with zero attached hydrogens (tertiary/aromatic N) is 1. The van der Waals surface area contributed by atoms with E-state index in [4.69, 9.17) is 0 Å². The molecule has 1 amide bonds. The van der Waals surface area contributed by atoms with Crippen molar-refractivity contribution >= 4 is 11.7 Å². The molecule has 0 aromatic rings. The van der Waals surface area contributed by atoms with E-state index >= 15 is 0 Å². The molecule has 1 aliphatic rings. The molecule has 1 heterocycles. The molecule has 1 atom stereocenters. The highest BCUT2D eigenvalue weighted by atomic mass is 16.2. The lowest BCUT2D eigenvalue weighted by molar-refractivity contribution is -0.140. The van der Waals surface area contributed by atoms with Gasteiger partial charge in [-0.3, -0.25) is 14.6 Å². The van der Waals surface area contributed by atoms with Crippen molar-refractivity contribution in [1.82, 2.24) is 10.4 Å². The number of hydrogen-bond donors (Lipinski definition) is 1. The zero-order valence-electron chi connectivity index (χ0n) is 7.84. The van der Waals surface area contributed by atoms with Gasteiger partial charge in [-0.25, -0.2) is 5.43 Å². The van der Waals surface area contributed by atoms with E-state index in [0.29, 0.717) is 0 Å². The van der Waals surface area contributed by atoms with E-state index in [2.05, 4.69) is 5.43 Å². The monoisotopic (exact) mass is 170 g/mol. The molecule has 4 heteroatoms. The van der Waals surface area contributed by atoms with Crippen molar-refractivity contribution in [3.63, 3.8) is 0 Å². The maximum Gasteiger partial charge on any atom is 0.305 e. The van der Waals surface area contributed by atoms with Crippen LogP contribution in [0, 0.1) is 5.41 Å². The molecule has 1 fully saturated rings. The highest BCUT2D eigenvalue weighted by molar-refractivity contribution is 6.39. The standard InChI is InChI=1S/C8H14N2O2/c1-8(2,3)6-5(11)7(12)10(4)9-6/h6,9H,1-4H3. The quantitative estimate of drug-likeness (QED) is 0.518. The van der Waals surface area contributed by atoms with Crippen LogP contribution in [0.15, 0.2) is 0 Å². The summed E-state index contributed by atoms with van der Waals surface area (Å²) in [5.41, 5.74) is 2.62. The summed E-state index contributed by atoms with van der Waals surface area (Å²) in [5.74, 6) is -0.792. The maximum atomic E-state index is 11.3. The summed E-state index contributed by atoms with van der Waals surface area (Å²) >= 11 is 0. The van der Waals surface area contributed by atoms with Gasteiger partial charge in [0.25, 0.3) is 0 Å². The highest BCUT2D eigenvalue weighted by Gasteiger charge is 2.43. The Morgan fingerprint density at radius 1 is 1.33 bits per heavy atom. The Labute approximate surface area is 71.9 Å². The number of hydrogen-bond acceptors (Lipinski definition) is 3. The third-order valence-corrected chi connectivity index (χ3v) is 1.97. The first kappa shape index (κ1) is 9.19. The molecule has 1 saturated heterocycles. The minimum Gasteiger partial charge on any atom is -0.287 e. The van der Waals surface area contributed by atoms with Crippen molar-refractivity contribution in [3.05, 3.63) is 0 Å². The van der Waals surface area contributed by atoms with E-state index < -0.39 is 5.91 Å². The fourth-order valence-corrected chi connectivity index (χ4v) is 1.19. The lowest BCUT2D eigenvalue weighted by Crippen LogP contribution is -2.42. The summed E-state index contributed by atoms with van der Waals surface area (Å²) in [6, 6.07) is -0.380. The van der Waals surface area contributed by atoms with Gasteiger partial charge in [0, 0.05) is 7.05 Å². The number of nitrogens with one attached hydrogen (secondary N) is 1. The lowest BCUT2D eigenvalue weighted by Gasteiger charge is -2.24. The average molecular weight is 170 g/mol. The molecule has 1 N–H and O–H groups in total. The van der Waals surface area contributed by atoms with Crippen LogP contribution in [0.2, 0.25) is 0 Å². The van der Waals surface area contributed by atoms with Crippen LogP contribution in [0.5, 0.6) is 0 Å². The summed E-state index contributed by atoms with van der Waals surface area (Å²) in [7, 11) is 1.56. The molecule has 1 rings (SSSR count). The second kappa shape index (κ2) is 2.55. The number of carbonyl (C=O) groups excluding carboxylic acids is 2. The van der Waals surface area contributed by atoms with Crippen molar-refractivity contribution in [2.24, 2.45) is 5.41 Å². The van der Waals surface area contributed by atoms with Gasteiger partial charge in [-0.2, -0.15) is 0 Å². The summed E-state index contributed by atoms with van der Waals surface area (Å²) in [6.07, 6.45) is 0. The summed E-state index contributed by atoms with van der Waals surface area (Å²) in [4.78, 5) is 22.4. The Bertz CT molecular complexity index is 230. The first-order valence-corrected chi connectivity index (χ1v) is 3.92.